The van der Waals surface area contributed by atoms with E-state index in [9.17, 15) is 0 Å². The van der Waals surface area contributed by atoms with E-state index in [0.29, 0.717) is 10.5 Å². The number of rotatable bonds is 2. The van der Waals surface area contributed by atoms with Crippen molar-refractivity contribution >= 4 is 25.3 Å². The lowest BCUT2D eigenvalue weighted by molar-refractivity contribution is 0.125. The zero-order valence-corrected chi connectivity index (χ0v) is 14.6. The first-order valence-electron chi connectivity index (χ1n) is 9.08. The van der Waals surface area contributed by atoms with E-state index in [4.69, 9.17) is 0 Å². The third-order valence-electron chi connectivity index (χ3n) is 6.63. The molecule has 3 fully saturated rings. The van der Waals surface area contributed by atoms with E-state index in [1.165, 1.54) is 77.0 Å². The van der Waals surface area contributed by atoms with Crippen LogP contribution in [0, 0.1) is 23.7 Å². The second-order valence-electron chi connectivity index (χ2n) is 7.81. The molecule has 0 nitrogen and oxygen atoms in total. The largest absolute Gasteiger partial charge is 0.176 e. The maximum Gasteiger partial charge on any atom is 0.00170 e. The summed E-state index contributed by atoms with van der Waals surface area (Å²) in [6.07, 6.45) is 17.5. The molecule has 0 aromatic heterocycles. The normalized spacial score (nSPS) is 47.1. The molecule has 0 spiro atoms. The van der Waals surface area contributed by atoms with Crippen LogP contribution in [0.25, 0.3) is 0 Å². The first-order valence-corrected chi connectivity index (χ1v) is 10.1. The Morgan fingerprint density at radius 2 is 0.550 bits per heavy atom. The van der Waals surface area contributed by atoms with Gasteiger partial charge in [-0.15, -0.1) is 0 Å². The van der Waals surface area contributed by atoms with Crippen LogP contribution < -0.4 is 0 Å². The molecule has 116 valence electrons. The first-order chi connectivity index (χ1) is 9.72. The van der Waals surface area contributed by atoms with E-state index >= 15 is 0 Å². The summed E-state index contributed by atoms with van der Waals surface area (Å²) in [5.74, 6) is 4.22. The molecule has 0 bridgehead atoms. The fourth-order valence-electron chi connectivity index (χ4n) is 5.23. The van der Waals surface area contributed by atoms with E-state index in [1.807, 2.05) is 0 Å². The molecule has 3 rings (SSSR count). The van der Waals surface area contributed by atoms with E-state index in [1.54, 1.807) is 0 Å². The summed E-state index contributed by atoms with van der Waals surface area (Å²) in [7, 11) is 0. The summed E-state index contributed by atoms with van der Waals surface area (Å²) in [6, 6.07) is 0. The second kappa shape index (κ2) is 7.31. The molecule has 2 heteroatoms. The molecule has 0 aliphatic heterocycles. The standard InChI is InChI=1S/C18H32S2/c19-17-9-5-15(6-10-17)13-1-2-14(4-3-13)16-7-11-18(20)12-8-16/h13-20H,1-12H2. The lowest BCUT2D eigenvalue weighted by Gasteiger charge is -2.40. The molecule has 0 aromatic rings. The predicted molar refractivity (Wildman–Crippen MR) is 94.9 cm³/mol. The summed E-state index contributed by atoms with van der Waals surface area (Å²) in [5, 5.41) is 1.41. The number of hydrogen-bond donors (Lipinski definition) is 2. The van der Waals surface area contributed by atoms with Gasteiger partial charge in [-0.05, 0) is 101 Å². The molecule has 0 heterocycles. The monoisotopic (exact) mass is 312 g/mol. The van der Waals surface area contributed by atoms with Crippen LogP contribution in [-0.2, 0) is 0 Å². The van der Waals surface area contributed by atoms with Crippen LogP contribution in [-0.4, -0.2) is 10.5 Å². The zero-order valence-electron chi connectivity index (χ0n) is 12.8. The van der Waals surface area contributed by atoms with Crippen molar-refractivity contribution in [2.24, 2.45) is 23.7 Å². The fraction of sp³-hybridized carbons (Fsp3) is 1.00. The van der Waals surface area contributed by atoms with Crippen LogP contribution in [0.2, 0.25) is 0 Å². The van der Waals surface area contributed by atoms with Crippen molar-refractivity contribution in [2.75, 3.05) is 0 Å². The minimum Gasteiger partial charge on any atom is -0.176 e. The molecule has 3 saturated carbocycles. The van der Waals surface area contributed by atoms with Gasteiger partial charge in [0.2, 0.25) is 0 Å². The molecule has 0 unspecified atom stereocenters. The molecular weight excluding hydrogens is 280 g/mol. The lowest BCUT2D eigenvalue weighted by Crippen LogP contribution is -2.30. The Kier molecular flexibility index (Phi) is 5.70. The molecule has 0 amide bonds. The second-order valence-corrected chi connectivity index (χ2v) is 9.27. The molecule has 3 aliphatic carbocycles. The lowest BCUT2D eigenvalue weighted by atomic mass is 9.66. The van der Waals surface area contributed by atoms with Gasteiger partial charge in [0.1, 0.15) is 0 Å². The predicted octanol–water partition coefficient (Wildman–Crippen LogP) is 5.77. The van der Waals surface area contributed by atoms with Gasteiger partial charge >= 0.3 is 0 Å². The Bertz CT molecular complexity index is 250. The van der Waals surface area contributed by atoms with Crippen molar-refractivity contribution in [2.45, 2.75) is 87.5 Å². The Balaban J connectivity index is 1.42. The topological polar surface area (TPSA) is 0 Å². The van der Waals surface area contributed by atoms with Crippen LogP contribution in [0.15, 0.2) is 0 Å². The summed E-state index contributed by atoms with van der Waals surface area (Å²) < 4.78 is 0. The van der Waals surface area contributed by atoms with Gasteiger partial charge in [0.05, 0.1) is 0 Å². The van der Waals surface area contributed by atoms with E-state index in [0.717, 1.165) is 23.7 Å². The van der Waals surface area contributed by atoms with Gasteiger partial charge in [-0.2, -0.15) is 25.3 Å². The zero-order chi connectivity index (χ0) is 13.9. The van der Waals surface area contributed by atoms with Crippen LogP contribution in [0.1, 0.15) is 77.0 Å². The van der Waals surface area contributed by atoms with E-state index < -0.39 is 0 Å². The van der Waals surface area contributed by atoms with Crippen molar-refractivity contribution in [3.63, 3.8) is 0 Å². The van der Waals surface area contributed by atoms with Gasteiger partial charge in [0, 0.05) is 10.5 Å². The quantitative estimate of drug-likeness (QED) is 0.594. The Morgan fingerprint density at radius 1 is 0.350 bits per heavy atom. The molecule has 0 N–H and O–H groups in total. The molecular formula is C18H32S2. The van der Waals surface area contributed by atoms with Crippen LogP contribution in [0.5, 0.6) is 0 Å². The highest BCUT2D eigenvalue weighted by Gasteiger charge is 2.33. The highest BCUT2D eigenvalue weighted by atomic mass is 32.1. The summed E-state index contributed by atoms with van der Waals surface area (Å²) in [5.41, 5.74) is 0. The third-order valence-corrected chi connectivity index (χ3v) is 7.67. The summed E-state index contributed by atoms with van der Waals surface area (Å²) in [6.45, 7) is 0. The van der Waals surface area contributed by atoms with Crippen molar-refractivity contribution < 1.29 is 0 Å². The van der Waals surface area contributed by atoms with Gasteiger partial charge < -0.3 is 0 Å². The van der Waals surface area contributed by atoms with Gasteiger partial charge in [-0.1, -0.05) is 0 Å². The van der Waals surface area contributed by atoms with Gasteiger partial charge in [-0.25, -0.2) is 0 Å². The maximum atomic E-state index is 4.65. The molecule has 0 radical (unpaired) electrons. The van der Waals surface area contributed by atoms with Gasteiger partial charge in [0.15, 0.2) is 0 Å². The fourth-order valence-corrected chi connectivity index (χ4v) is 5.83. The average molecular weight is 313 g/mol. The molecule has 0 atom stereocenters. The SMILES string of the molecule is SC1CCC(C2CCC(C3CCC(S)CC3)CC2)CC1. The summed E-state index contributed by atoms with van der Waals surface area (Å²) >= 11 is 9.30. The number of hydrogen-bond acceptors (Lipinski definition) is 2. The van der Waals surface area contributed by atoms with Crippen LogP contribution in [0.3, 0.4) is 0 Å². The van der Waals surface area contributed by atoms with Gasteiger partial charge in [-0.3, -0.25) is 0 Å². The van der Waals surface area contributed by atoms with Crippen LogP contribution in [0.4, 0.5) is 0 Å². The van der Waals surface area contributed by atoms with Crippen LogP contribution >= 0.6 is 25.3 Å². The van der Waals surface area contributed by atoms with E-state index in [-0.39, 0.29) is 0 Å². The minimum atomic E-state index is 0.707. The third kappa shape index (κ3) is 3.91. The highest BCUT2D eigenvalue weighted by molar-refractivity contribution is 7.81. The Labute approximate surface area is 136 Å². The molecule has 3 aliphatic rings. The Morgan fingerprint density at radius 3 is 0.800 bits per heavy atom. The van der Waals surface area contributed by atoms with Crippen molar-refractivity contribution in [1.29, 1.82) is 0 Å². The Hall–Kier alpha value is 0.700. The minimum absolute atomic E-state index is 0.707. The van der Waals surface area contributed by atoms with Gasteiger partial charge in [0.25, 0.3) is 0 Å². The van der Waals surface area contributed by atoms with Crippen molar-refractivity contribution in [3.8, 4) is 0 Å². The average Bonchev–Trinajstić information content (AvgIpc) is 2.49. The molecule has 0 saturated heterocycles. The molecule has 20 heavy (non-hydrogen) atoms. The maximum absolute atomic E-state index is 4.65. The van der Waals surface area contributed by atoms with E-state index in [2.05, 4.69) is 25.3 Å². The number of thiol groups is 2. The smallest absolute Gasteiger partial charge is 0.00170 e. The molecule has 0 aromatic carbocycles. The van der Waals surface area contributed by atoms with Crippen molar-refractivity contribution in [1.82, 2.24) is 0 Å². The van der Waals surface area contributed by atoms with Crippen molar-refractivity contribution in [3.05, 3.63) is 0 Å². The highest BCUT2D eigenvalue weighted by Crippen LogP contribution is 2.45. The first kappa shape index (κ1) is 15.6. The summed E-state index contributed by atoms with van der Waals surface area (Å²) in [4.78, 5) is 0.